The van der Waals surface area contributed by atoms with Crippen molar-refractivity contribution in [3.63, 3.8) is 0 Å². The Morgan fingerprint density at radius 1 is 1.33 bits per heavy atom. The second kappa shape index (κ2) is 8.23. The molecular weight excluding hydrogens is 408 g/mol. The predicted molar refractivity (Wildman–Crippen MR) is 86.9 cm³/mol. The molecule has 0 unspecified atom stereocenters. The van der Waals surface area contributed by atoms with Crippen molar-refractivity contribution in [2.45, 2.75) is 25.8 Å². The van der Waals surface area contributed by atoms with Crippen LogP contribution in [0.4, 0.5) is 10.5 Å². The largest absolute Gasteiger partial charge is 0.495 e. The lowest BCUT2D eigenvalue weighted by atomic mass is 10.2. The number of anilines is 1. The number of carboxylic acid groups (broad SMARTS) is 1. The Balaban J connectivity index is 2.81. The zero-order valence-corrected chi connectivity index (χ0v) is 14.7. The molecule has 0 spiro atoms. The van der Waals surface area contributed by atoms with E-state index in [9.17, 15) is 9.59 Å². The van der Waals surface area contributed by atoms with Gasteiger partial charge in [0.15, 0.2) is 0 Å². The smallest absolute Gasteiger partial charge is 0.326 e. The molecule has 1 atom stereocenters. The van der Waals surface area contributed by atoms with Crippen LogP contribution in [0.3, 0.4) is 0 Å². The molecule has 1 rings (SSSR count). The molecule has 0 aliphatic rings. The van der Waals surface area contributed by atoms with E-state index in [1.807, 2.05) is 6.92 Å². The highest BCUT2D eigenvalue weighted by Crippen LogP contribution is 2.34. The van der Waals surface area contributed by atoms with E-state index in [2.05, 4.69) is 42.5 Å². The lowest BCUT2D eigenvalue weighted by molar-refractivity contribution is -0.139. The van der Waals surface area contributed by atoms with Crippen molar-refractivity contribution >= 4 is 49.5 Å². The first-order valence-corrected chi connectivity index (χ1v) is 7.81. The van der Waals surface area contributed by atoms with Crippen molar-refractivity contribution < 1.29 is 19.4 Å². The van der Waals surface area contributed by atoms with Crippen LogP contribution in [0, 0.1) is 0 Å². The minimum absolute atomic E-state index is 0.369. The summed E-state index contributed by atoms with van der Waals surface area (Å²) in [5.74, 6) is -0.503. The van der Waals surface area contributed by atoms with Crippen LogP contribution >= 0.6 is 31.9 Å². The maximum Gasteiger partial charge on any atom is 0.326 e. The Labute approximate surface area is 139 Å². The monoisotopic (exact) mass is 422 g/mol. The fraction of sp³-hybridized carbons (Fsp3) is 0.385. The molecule has 21 heavy (non-hydrogen) atoms. The number of amides is 2. The maximum atomic E-state index is 11.9. The van der Waals surface area contributed by atoms with Crippen LogP contribution in [0.5, 0.6) is 5.75 Å². The van der Waals surface area contributed by atoms with Gasteiger partial charge in [0.25, 0.3) is 0 Å². The van der Waals surface area contributed by atoms with Gasteiger partial charge in [0, 0.05) is 10.5 Å². The van der Waals surface area contributed by atoms with E-state index in [-0.39, 0.29) is 0 Å². The topological polar surface area (TPSA) is 87.7 Å². The fourth-order valence-electron chi connectivity index (χ4n) is 1.64. The van der Waals surface area contributed by atoms with Crippen molar-refractivity contribution in [1.82, 2.24) is 5.32 Å². The molecule has 0 aromatic heterocycles. The lowest BCUT2D eigenvalue weighted by Gasteiger charge is -2.15. The van der Waals surface area contributed by atoms with Crippen molar-refractivity contribution in [3.8, 4) is 5.75 Å². The molecule has 1 aromatic rings. The summed E-state index contributed by atoms with van der Waals surface area (Å²) in [6, 6.07) is 1.87. The molecule has 8 heteroatoms. The van der Waals surface area contributed by atoms with Gasteiger partial charge in [-0.3, -0.25) is 0 Å². The van der Waals surface area contributed by atoms with Gasteiger partial charge in [-0.25, -0.2) is 9.59 Å². The molecule has 0 aliphatic carbocycles. The number of methoxy groups -OCH3 is 1. The molecule has 0 fully saturated rings. The minimum Gasteiger partial charge on any atom is -0.495 e. The summed E-state index contributed by atoms with van der Waals surface area (Å²) in [5, 5.41) is 14.0. The van der Waals surface area contributed by atoms with Gasteiger partial charge in [0.05, 0.1) is 17.3 Å². The van der Waals surface area contributed by atoms with E-state index in [1.54, 1.807) is 12.1 Å². The summed E-state index contributed by atoms with van der Waals surface area (Å²) in [7, 11) is 1.51. The van der Waals surface area contributed by atoms with E-state index in [1.165, 1.54) is 7.11 Å². The highest BCUT2D eigenvalue weighted by molar-refractivity contribution is 9.11. The van der Waals surface area contributed by atoms with Gasteiger partial charge < -0.3 is 20.5 Å². The zero-order valence-electron chi connectivity index (χ0n) is 11.6. The van der Waals surface area contributed by atoms with Crippen LogP contribution in [0.2, 0.25) is 0 Å². The number of ether oxygens (including phenoxy) is 1. The number of rotatable bonds is 6. The van der Waals surface area contributed by atoms with Crippen LogP contribution in [0.15, 0.2) is 21.1 Å². The molecule has 6 nitrogen and oxygen atoms in total. The van der Waals surface area contributed by atoms with Crippen molar-refractivity contribution in [3.05, 3.63) is 21.1 Å². The molecule has 0 saturated carbocycles. The number of carbonyl (C=O) groups is 2. The molecule has 116 valence electrons. The van der Waals surface area contributed by atoms with Gasteiger partial charge in [-0.15, -0.1) is 0 Å². The van der Waals surface area contributed by atoms with Crippen LogP contribution < -0.4 is 15.4 Å². The summed E-state index contributed by atoms with van der Waals surface area (Å²) < 4.78 is 6.53. The number of hydrogen-bond acceptors (Lipinski definition) is 3. The summed E-state index contributed by atoms with van der Waals surface area (Å²) >= 11 is 6.65. The number of nitrogens with one attached hydrogen (secondary N) is 2. The molecule has 3 N–H and O–H groups in total. The predicted octanol–water partition coefficient (Wildman–Crippen LogP) is 3.60. The standard InChI is InChI=1S/C13H16Br2N2O4/c1-3-4-9(12(18)19)16-13(20)17-10-6-11(21-2)8(15)5-7(10)14/h5-6,9H,3-4H2,1-2H3,(H,18,19)(H2,16,17,20)/t9-/m0/s1. The molecule has 1 aromatic carbocycles. The minimum atomic E-state index is -1.06. The number of aliphatic carboxylic acids is 1. The normalized spacial score (nSPS) is 11.6. The second-order valence-electron chi connectivity index (χ2n) is 4.24. The lowest BCUT2D eigenvalue weighted by Crippen LogP contribution is -2.42. The number of carbonyl (C=O) groups excluding carboxylic acids is 1. The van der Waals surface area contributed by atoms with Gasteiger partial charge in [-0.05, 0) is 44.3 Å². The maximum absolute atomic E-state index is 11.9. The van der Waals surface area contributed by atoms with E-state index in [4.69, 9.17) is 9.84 Å². The van der Waals surface area contributed by atoms with E-state index < -0.39 is 18.0 Å². The van der Waals surface area contributed by atoms with Gasteiger partial charge in [-0.1, -0.05) is 13.3 Å². The number of halogens is 2. The molecule has 0 heterocycles. The Bertz CT molecular complexity index is 537. The first-order chi connectivity index (χ1) is 9.88. The quantitative estimate of drug-likeness (QED) is 0.652. The Morgan fingerprint density at radius 3 is 2.52 bits per heavy atom. The Morgan fingerprint density at radius 2 is 2.00 bits per heavy atom. The number of benzene rings is 1. The molecule has 0 radical (unpaired) electrons. The van der Waals surface area contributed by atoms with Crippen molar-refractivity contribution in [2.75, 3.05) is 12.4 Å². The third kappa shape index (κ3) is 5.20. The summed E-state index contributed by atoms with van der Waals surface area (Å²) in [6.07, 6.45) is 1.03. The molecule has 2 amide bonds. The van der Waals surface area contributed by atoms with Crippen LogP contribution in [-0.2, 0) is 4.79 Å². The van der Waals surface area contributed by atoms with Gasteiger partial charge in [0.2, 0.25) is 0 Å². The number of hydrogen-bond donors (Lipinski definition) is 3. The van der Waals surface area contributed by atoms with Crippen molar-refractivity contribution in [2.24, 2.45) is 0 Å². The van der Waals surface area contributed by atoms with Crippen LogP contribution in [0.25, 0.3) is 0 Å². The zero-order chi connectivity index (χ0) is 16.0. The average molecular weight is 424 g/mol. The summed E-state index contributed by atoms with van der Waals surface area (Å²) in [5.41, 5.74) is 0.480. The Hall–Kier alpha value is -1.28. The Kier molecular flexibility index (Phi) is 6.97. The van der Waals surface area contributed by atoms with Gasteiger partial charge in [-0.2, -0.15) is 0 Å². The van der Waals surface area contributed by atoms with Gasteiger partial charge >= 0.3 is 12.0 Å². The highest BCUT2D eigenvalue weighted by Gasteiger charge is 2.19. The fourth-order valence-corrected chi connectivity index (χ4v) is 2.90. The third-order valence-electron chi connectivity index (χ3n) is 2.67. The van der Waals surface area contributed by atoms with E-state index in [0.717, 1.165) is 4.47 Å². The number of urea groups is 1. The third-order valence-corrected chi connectivity index (χ3v) is 3.95. The van der Waals surface area contributed by atoms with Gasteiger partial charge in [0.1, 0.15) is 11.8 Å². The molecule has 0 aliphatic heterocycles. The van der Waals surface area contributed by atoms with E-state index in [0.29, 0.717) is 28.8 Å². The SMILES string of the molecule is CCC[C@H](NC(=O)Nc1cc(OC)c(Br)cc1Br)C(=O)O. The highest BCUT2D eigenvalue weighted by atomic mass is 79.9. The summed E-state index contributed by atoms with van der Waals surface area (Å²) in [4.78, 5) is 22.9. The number of carboxylic acids is 1. The van der Waals surface area contributed by atoms with Crippen molar-refractivity contribution in [1.29, 1.82) is 0 Å². The first-order valence-electron chi connectivity index (χ1n) is 6.22. The second-order valence-corrected chi connectivity index (χ2v) is 5.95. The van der Waals surface area contributed by atoms with Crippen LogP contribution in [0.1, 0.15) is 19.8 Å². The molecular formula is C13H16Br2N2O4. The first kappa shape index (κ1) is 17.8. The summed E-state index contributed by atoms with van der Waals surface area (Å²) in [6.45, 7) is 1.85. The van der Waals surface area contributed by atoms with E-state index >= 15 is 0 Å². The molecule has 0 bridgehead atoms. The molecule has 0 saturated heterocycles. The average Bonchev–Trinajstić information content (AvgIpc) is 2.41. The van der Waals surface area contributed by atoms with Crippen LogP contribution in [-0.4, -0.2) is 30.3 Å².